The molecule has 0 heterocycles. The summed E-state index contributed by atoms with van der Waals surface area (Å²) in [5, 5.41) is 12.1. The van der Waals surface area contributed by atoms with Crippen molar-refractivity contribution in [2.75, 3.05) is 26.6 Å². The average Bonchev–Trinajstić information content (AvgIpc) is 2.63. The fourth-order valence-electron chi connectivity index (χ4n) is 2.25. The number of nitrogens with one attached hydrogen (secondary N) is 1. The summed E-state index contributed by atoms with van der Waals surface area (Å²) in [6.45, 7) is 0. The maximum Gasteiger partial charge on any atom is 0.246 e. The number of nitriles is 1. The van der Waals surface area contributed by atoms with Gasteiger partial charge in [0, 0.05) is 12.1 Å². The van der Waals surface area contributed by atoms with Gasteiger partial charge in [0.05, 0.1) is 27.4 Å². The molecule has 0 aliphatic carbocycles. The fraction of sp³-hybridized carbons (Fsp3) is 0.222. The normalized spacial score (nSPS) is 11.1. The molecule has 0 saturated carbocycles. The molecule has 2 aromatic carbocycles. The third-order valence-corrected chi connectivity index (χ3v) is 3.49. The molecule has 0 aliphatic heterocycles. The molecule has 1 N–H and O–H groups in total. The highest BCUT2D eigenvalue weighted by molar-refractivity contribution is 6.00. The van der Waals surface area contributed by atoms with Gasteiger partial charge in [-0.25, -0.2) is 0 Å². The maximum absolute atomic E-state index is 12.6. The predicted octanol–water partition coefficient (Wildman–Crippen LogP) is 2.96. The van der Waals surface area contributed by atoms with Gasteiger partial charge in [-0.05, 0) is 5.56 Å². The van der Waals surface area contributed by atoms with E-state index in [1.807, 2.05) is 12.1 Å². The number of amides is 1. The zero-order valence-electron chi connectivity index (χ0n) is 13.7. The molecule has 124 valence electrons. The minimum absolute atomic E-state index is 0.349. The Bertz CT molecular complexity index is 728. The van der Waals surface area contributed by atoms with Crippen LogP contribution in [0.25, 0.3) is 0 Å². The molecule has 6 nitrogen and oxygen atoms in total. The van der Waals surface area contributed by atoms with Gasteiger partial charge in [0.25, 0.3) is 0 Å². The van der Waals surface area contributed by atoms with Gasteiger partial charge in [0.15, 0.2) is 5.92 Å². The Morgan fingerprint density at radius 2 is 1.62 bits per heavy atom. The lowest BCUT2D eigenvalue weighted by molar-refractivity contribution is -0.116. The largest absolute Gasteiger partial charge is 0.496 e. The van der Waals surface area contributed by atoms with Gasteiger partial charge < -0.3 is 19.5 Å². The Hall–Kier alpha value is -3.20. The van der Waals surface area contributed by atoms with Crippen LogP contribution in [0.5, 0.6) is 17.2 Å². The van der Waals surface area contributed by atoms with Crippen LogP contribution in [0, 0.1) is 11.3 Å². The average molecular weight is 326 g/mol. The third-order valence-electron chi connectivity index (χ3n) is 3.49. The third kappa shape index (κ3) is 3.58. The van der Waals surface area contributed by atoms with Crippen molar-refractivity contribution >= 4 is 11.6 Å². The number of carbonyl (C=O) groups excluding carboxylic acids is 1. The van der Waals surface area contributed by atoms with Gasteiger partial charge in [-0.1, -0.05) is 30.3 Å². The van der Waals surface area contributed by atoms with Crippen LogP contribution >= 0.6 is 0 Å². The number of anilines is 1. The van der Waals surface area contributed by atoms with E-state index in [0.29, 0.717) is 28.5 Å². The molecule has 0 radical (unpaired) electrons. The number of rotatable bonds is 6. The number of hydrogen-bond donors (Lipinski definition) is 1. The molecule has 0 fully saturated rings. The smallest absolute Gasteiger partial charge is 0.246 e. The van der Waals surface area contributed by atoms with Crippen LogP contribution in [-0.2, 0) is 4.79 Å². The van der Waals surface area contributed by atoms with Gasteiger partial charge in [-0.2, -0.15) is 5.26 Å². The lowest BCUT2D eigenvalue weighted by Gasteiger charge is -2.17. The monoisotopic (exact) mass is 326 g/mol. The summed E-state index contributed by atoms with van der Waals surface area (Å²) in [7, 11) is 4.47. The number of benzene rings is 2. The van der Waals surface area contributed by atoms with Crippen LogP contribution in [-0.4, -0.2) is 27.2 Å². The number of methoxy groups -OCH3 is 3. The molecule has 2 rings (SSSR count). The Morgan fingerprint density at radius 3 is 2.08 bits per heavy atom. The SMILES string of the molecule is COc1cc(OC)c(NC(=O)[C@@H](C#N)c2ccccc2)c(OC)c1. The molecule has 0 aliphatic rings. The molecular weight excluding hydrogens is 308 g/mol. The highest BCUT2D eigenvalue weighted by Gasteiger charge is 2.23. The zero-order chi connectivity index (χ0) is 17.5. The lowest BCUT2D eigenvalue weighted by atomic mass is 10.00. The Morgan fingerprint density at radius 1 is 1.04 bits per heavy atom. The van der Waals surface area contributed by atoms with E-state index in [9.17, 15) is 10.1 Å². The van der Waals surface area contributed by atoms with E-state index in [0.717, 1.165) is 0 Å². The summed E-state index contributed by atoms with van der Waals surface area (Å²) in [6.07, 6.45) is 0. The van der Waals surface area contributed by atoms with E-state index >= 15 is 0 Å². The van der Waals surface area contributed by atoms with E-state index in [4.69, 9.17) is 14.2 Å². The first-order valence-corrected chi connectivity index (χ1v) is 7.20. The van der Waals surface area contributed by atoms with E-state index in [-0.39, 0.29) is 0 Å². The van der Waals surface area contributed by atoms with Gasteiger partial charge in [0.2, 0.25) is 5.91 Å². The van der Waals surface area contributed by atoms with Crippen molar-refractivity contribution in [2.24, 2.45) is 0 Å². The molecule has 1 atom stereocenters. The minimum atomic E-state index is -0.942. The van der Waals surface area contributed by atoms with Crippen LogP contribution in [0.2, 0.25) is 0 Å². The van der Waals surface area contributed by atoms with Crippen molar-refractivity contribution in [3.63, 3.8) is 0 Å². The fourth-order valence-corrected chi connectivity index (χ4v) is 2.25. The molecule has 0 aromatic heterocycles. The van der Waals surface area contributed by atoms with E-state index in [1.165, 1.54) is 21.3 Å². The number of hydrogen-bond acceptors (Lipinski definition) is 5. The first-order valence-electron chi connectivity index (χ1n) is 7.20. The van der Waals surface area contributed by atoms with Crippen LogP contribution in [0.4, 0.5) is 5.69 Å². The van der Waals surface area contributed by atoms with Crippen molar-refractivity contribution in [1.29, 1.82) is 5.26 Å². The molecule has 24 heavy (non-hydrogen) atoms. The van der Waals surface area contributed by atoms with Crippen molar-refractivity contribution in [2.45, 2.75) is 5.92 Å². The standard InChI is InChI=1S/C18H18N2O4/c1-22-13-9-15(23-2)17(16(10-13)24-3)20-18(21)14(11-19)12-7-5-4-6-8-12/h4-10,14H,1-3H3,(H,20,21)/t14-/m0/s1. The summed E-state index contributed by atoms with van der Waals surface area (Å²) in [4.78, 5) is 12.6. The molecule has 0 spiro atoms. The summed E-state index contributed by atoms with van der Waals surface area (Å²) < 4.78 is 15.8. The Balaban J connectivity index is 2.36. The van der Waals surface area contributed by atoms with Gasteiger partial charge >= 0.3 is 0 Å². The van der Waals surface area contributed by atoms with Crippen LogP contribution in [0.1, 0.15) is 11.5 Å². The van der Waals surface area contributed by atoms with Gasteiger partial charge in [-0.3, -0.25) is 4.79 Å². The first-order chi connectivity index (χ1) is 11.6. The van der Waals surface area contributed by atoms with Gasteiger partial charge in [0.1, 0.15) is 22.9 Å². The van der Waals surface area contributed by atoms with Crippen LogP contribution in [0.15, 0.2) is 42.5 Å². The van der Waals surface area contributed by atoms with Crippen molar-refractivity contribution in [1.82, 2.24) is 0 Å². The predicted molar refractivity (Wildman–Crippen MR) is 89.5 cm³/mol. The molecule has 6 heteroatoms. The molecule has 2 aromatic rings. The van der Waals surface area contributed by atoms with E-state index < -0.39 is 11.8 Å². The number of carbonyl (C=O) groups is 1. The summed E-state index contributed by atoms with van der Waals surface area (Å²) >= 11 is 0. The highest BCUT2D eigenvalue weighted by atomic mass is 16.5. The Kier molecular flexibility index (Phi) is 5.63. The topological polar surface area (TPSA) is 80.6 Å². The minimum Gasteiger partial charge on any atom is -0.496 e. The molecule has 0 saturated heterocycles. The first kappa shape index (κ1) is 17.2. The maximum atomic E-state index is 12.6. The van der Waals surface area contributed by atoms with Crippen LogP contribution < -0.4 is 19.5 Å². The van der Waals surface area contributed by atoms with Crippen molar-refractivity contribution < 1.29 is 19.0 Å². The van der Waals surface area contributed by atoms with Crippen LogP contribution in [0.3, 0.4) is 0 Å². The highest BCUT2D eigenvalue weighted by Crippen LogP contribution is 2.39. The molecule has 0 unspecified atom stereocenters. The Labute approximate surface area is 140 Å². The van der Waals surface area contributed by atoms with E-state index in [1.54, 1.807) is 36.4 Å². The zero-order valence-corrected chi connectivity index (χ0v) is 13.7. The number of ether oxygens (including phenoxy) is 3. The molecule has 1 amide bonds. The second-order valence-electron chi connectivity index (χ2n) is 4.87. The van der Waals surface area contributed by atoms with Gasteiger partial charge in [-0.15, -0.1) is 0 Å². The van der Waals surface area contributed by atoms with Crippen molar-refractivity contribution in [3.8, 4) is 23.3 Å². The summed E-state index contributed by atoms with van der Waals surface area (Å²) in [5.74, 6) is -0.122. The summed E-state index contributed by atoms with van der Waals surface area (Å²) in [6, 6.07) is 14.1. The second kappa shape index (κ2) is 7.88. The molecular formula is C18H18N2O4. The second-order valence-corrected chi connectivity index (χ2v) is 4.87. The lowest BCUT2D eigenvalue weighted by Crippen LogP contribution is -2.20. The van der Waals surface area contributed by atoms with Crippen molar-refractivity contribution in [3.05, 3.63) is 48.0 Å². The van der Waals surface area contributed by atoms with E-state index in [2.05, 4.69) is 5.32 Å². The quantitative estimate of drug-likeness (QED) is 0.882. The summed E-state index contributed by atoms with van der Waals surface area (Å²) in [5.41, 5.74) is 0.964. The number of nitrogens with zero attached hydrogens (tertiary/aromatic N) is 1. The molecule has 0 bridgehead atoms.